The highest BCUT2D eigenvalue weighted by Crippen LogP contribution is 2.40. The van der Waals surface area contributed by atoms with Crippen molar-refractivity contribution < 1.29 is 13.2 Å². The normalized spacial score (nSPS) is 18.8. The summed E-state index contributed by atoms with van der Waals surface area (Å²) in [4.78, 5) is 0.347. The molecule has 1 saturated carbocycles. The summed E-state index contributed by atoms with van der Waals surface area (Å²) >= 11 is 0. The first-order valence-corrected chi connectivity index (χ1v) is 8.85. The van der Waals surface area contributed by atoms with E-state index in [0.29, 0.717) is 16.2 Å². The van der Waals surface area contributed by atoms with Crippen LogP contribution in [0.2, 0.25) is 0 Å². The summed E-state index contributed by atoms with van der Waals surface area (Å²) in [5.74, 6) is 0.697. The highest BCUT2D eigenvalue weighted by molar-refractivity contribution is 7.90. The van der Waals surface area contributed by atoms with Crippen molar-refractivity contribution in [1.29, 1.82) is 0 Å². The van der Waals surface area contributed by atoms with E-state index in [1.807, 2.05) is 13.0 Å². The zero-order valence-corrected chi connectivity index (χ0v) is 13.2. The van der Waals surface area contributed by atoms with Crippen molar-refractivity contribution in [2.75, 3.05) is 13.4 Å². The standard InChI is InChI=1S/C15H23NO3S/c1-11-9-14(20(3,17)18)12(10-13(11)19-2)15(16)7-5-4-6-8-15/h9-10H,4-8,16H2,1-3H3. The maximum atomic E-state index is 12.1. The highest BCUT2D eigenvalue weighted by atomic mass is 32.2. The van der Waals surface area contributed by atoms with Crippen molar-refractivity contribution >= 4 is 9.84 Å². The topological polar surface area (TPSA) is 69.4 Å². The summed E-state index contributed by atoms with van der Waals surface area (Å²) in [6.07, 6.45) is 6.12. The lowest BCUT2D eigenvalue weighted by molar-refractivity contribution is 0.295. The fourth-order valence-electron chi connectivity index (χ4n) is 3.03. The Balaban J connectivity index is 2.65. The maximum absolute atomic E-state index is 12.1. The van der Waals surface area contributed by atoms with E-state index >= 15 is 0 Å². The number of ether oxygens (including phenoxy) is 1. The zero-order valence-electron chi connectivity index (χ0n) is 12.4. The van der Waals surface area contributed by atoms with Crippen LogP contribution >= 0.6 is 0 Å². The summed E-state index contributed by atoms with van der Waals surface area (Å²) < 4.78 is 29.5. The molecule has 0 amide bonds. The second kappa shape index (κ2) is 5.37. The summed E-state index contributed by atoms with van der Waals surface area (Å²) in [5.41, 5.74) is 7.50. The summed E-state index contributed by atoms with van der Waals surface area (Å²) in [6, 6.07) is 3.50. The third-order valence-corrected chi connectivity index (χ3v) is 5.32. The minimum atomic E-state index is -3.30. The molecule has 0 aliphatic heterocycles. The molecule has 1 aliphatic rings. The Morgan fingerprint density at radius 1 is 1.20 bits per heavy atom. The Kier molecular flexibility index (Phi) is 4.12. The molecule has 1 aliphatic carbocycles. The van der Waals surface area contributed by atoms with Crippen molar-refractivity contribution in [3.8, 4) is 5.75 Å². The number of hydrogen-bond donors (Lipinski definition) is 1. The number of benzene rings is 1. The number of methoxy groups -OCH3 is 1. The Bertz CT molecular complexity index is 602. The molecule has 1 aromatic rings. The van der Waals surface area contributed by atoms with Gasteiger partial charge in [0, 0.05) is 11.8 Å². The van der Waals surface area contributed by atoms with E-state index in [2.05, 4.69) is 0 Å². The first kappa shape index (κ1) is 15.3. The molecule has 2 N–H and O–H groups in total. The first-order chi connectivity index (χ1) is 9.28. The lowest BCUT2D eigenvalue weighted by Crippen LogP contribution is -2.39. The minimum Gasteiger partial charge on any atom is -0.496 e. The molecule has 0 atom stereocenters. The van der Waals surface area contributed by atoms with Gasteiger partial charge < -0.3 is 10.5 Å². The Morgan fingerprint density at radius 2 is 1.80 bits per heavy atom. The maximum Gasteiger partial charge on any atom is 0.175 e. The van der Waals surface area contributed by atoms with Gasteiger partial charge in [0.25, 0.3) is 0 Å². The van der Waals surface area contributed by atoms with Crippen LogP contribution in [0.3, 0.4) is 0 Å². The number of rotatable bonds is 3. The molecule has 2 rings (SSSR count). The lowest BCUT2D eigenvalue weighted by Gasteiger charge is -2.35. The molecule has 1 fully saturated rings. The van der Waals surface area contributed by atoms with Crippen LogP contribution in [0, 0.1) is 6.92 Å². The van der Waals surface area contributed by atoms with Crippen molar-refractivity contribution in [2.45, 2.75) is 49.5 Å². The molecule has 0 aromatic heterocycles. The largest absolute Gasteiger partial charge is 0.496 e. The lowest BCUT2D eigenvalue weighted by atomic mass is 9.77. The van der Waals surface area contributed by atoms with Gasteiger partial charge >= 0.3 is 0 Å². The van der Waals surface area contributed by atoms with Gasteiger partial charge in [-0.1, -0.05) is 19.3 Å². The fourth-order valence-corrected chi connectivity index (χ4v) is 4.08. The molecule has 0 saturated heterocycles. The van der Waals surface area contributed by atoms with E-state index in [-0.39, 0.29) is 0 Å². The van der Waals surface area contributed by atoms with Crippen molar-refractivity contribution in [3.63, 3.8) is 0 Å². The molecular weight excluding hydrogens is 274 g/mol. The average Bonchev–Trinajstić information content (AvgIpc) is 2.38. The highest BCUT2D eigenvalue weighted by Gasteiger charge is 2.34. The summed E-state index contributed by atoms with van der Waals surface area (Å²) in [6.45, 7) is 1.85. The SMILES string of the molecule is COc1cc(C2(N)CCCCC2)c(S(C)(=O)=O)cc1C. The third kappa shape index (κ3) is 2.83. The van der Waals surface area contributed by atoms with Gasteiger partial charge in [-0.3, -0.25) is 0 Å². The molecule has 0 radical (unpaired) electrons. The van der Waals surface area contributed by atoms with E-state index in [0.717, 1.165) is 37.7 Å². The van der Waals surface area contributed by atoms with Gasteiger partial charge in [-0.25, -0.2) is 8.42 Å². The molecule has 1 aromatic carbocycles. The van der Waals surface area contributed by atoms with Crippen molar-refractivity contribution in [1.82, 2.24) is 0 Å². The van der Waals surface area contributed by atoms with E-state index in [1.165, 1.54) is 6.26 Å². The molecular formula is C15H23NO3S. The van der Waals surface area contributed by atoms with Gasteiger partial charge in [0.1, 0.15) is 5.75 Å². The summed E-state index contributed by atoms with van der Waals surface area (Å²) in [5, 5.41) is 0. The molecule has 20 heavy (non-hydrogen) atoms. The van der Waals surface area contributed by atoms with E-state index in [4.69, 9.17) is 10.5 Å². The van der Waals surface area contributed by atoms with E-state index in [1.54, 1.807) is 13.2 Å². The van der Waals surface area contributed by atoms with Gasteiger partial charge in [-0.2, -0.15) is 0 Å². The second-order valence-electron chi connectivity index (χ2n) is 5.81. The van der Waals surface area contributed by atoms with Crippen LogP contribution in [0.4, 0.5) is 0 Å². The van der Waals surface area contributed by atoms with Crippen LogP contribution < -0.4 is 10.5 Å². The molecule has 0 heterocycles. The third-order valence-electron chi connectivity index (χ3n) is 4.18. The number of aryl methyl sites for hydroxylation is 1. The van der Waals surface area contributed by atoms with Crippen LogP contribution in [-0.4, -0.2) is 21.8 Å². The summed E-state index contributed by atoms with van der Waals surface area (Å²) in [7, 11) is -1.71. The van der Waals surface area contributed by atoms with Gasteiger partial charge in [0.15, 0.2) is 9.84 Å². The predicted octanol–water partition coefficient (Wildman–Crippen LogP) is 2.53. The zero-order chi connectivity index (χ0) is 15.0. The van der Waals surface area contributed by atoms with Crippen molar-refractivity contribution in [2.24, 2.45) is 5.73 Å². The average molecular weight is 297 g/mol. The monoisotopic (exact) mass is 297 g/mol. The van der Waals surface area contributed by atoms with Crippen LogP contribution in [-0.2, 0) is 15.4 Å². The second-order valence-corrected chi connectivity index (χ2v) is 7.79. The fraction of sp³-hybridized carbons (Fsp3) is 0.600. The first-order valence-electron chi connectivity index (χ1n) is 6.96. The van der Waals surface area contributed by atoms with Crippen LogP contribution in [0.1, 0.15) is 43.2 Å². The molecule has 5 heteroatoms. The molecule has 0 unspecified atom stereocenters. The smallest absolute Gasteiger partial charge is 0.175 e. The van der Waals surface area contributed by atoms with Crippen LogP contribution in [0.25, 0.3) is 0 Å². The van der Waals surface area contributed by atoms with Gasteiger partial charge in [-0.15, -0.1) is 0 Å². The van der Waals surface area contributed by atoms with Crippen LogP contribution in [0.5, 0.6) is 5.75 Å². The quantitative estimate of drug-likeness (QED) is 0.930. The Morgan fingerprint density at radius 3 is 2.30 bits per heavy atom. The number of hydrogen-bond acceptors (Lipinski definition) is 4. The molecule has 0 bridgehead atoms. The van der Waals surface area contributed by atoms with Gasteiger partial charge in [0.05, 0.1) is 12.0 Å². The Labute approximate surface area is 121 Å². The van der Waals surface area contributed by atoms with Crippen molar-refractivity contribution in [3.05, 3.63) is 23.3 Å². The molecule has 112 valence electrons. The number of sulfone groups is 1. The van der Waals surface area contributed by atoms with Gasteiger partial charge in [0.2, 0.25) is 0 Å². The number of nitrogens with two attached hydrogens (primary N) is 1. The minimum absolute atomic E-state index is 0.347. The van der Waals surface area contributed by atoms with Gasteiger partial charge in [-0.05, 0) is 43.0 Å². The predicted molar refractivity (Wildman–Crippen MR) is 79.8 cm³/mol. The van der Waals surface area contributed by atoms with Crippen LogP contribution in [0.15, 0.2) is 17.0 Å². The Hall–Kier alpha value is -1.07. The molecule has 4 nitrogen and oxygen atoms in total. The van der Waals surface area contributed by atoms with E-state index in [9.17, 15) is 8.42 Å². The molecule has 0 spiro atoms. The van der Waals surface area contributed by atoms with E-state index < -0.39 is 15.4 Å².